The van der Waals surface area contributed by atoms with Gasteiger partial charge in [0.1, 0.15) is 0 Å². The van der Waals surface area contributed by atoms with E-state index in [1.165, 1.54) is 6.42 Å². The Morgan fingerprint density at radius 3 is 2.56 bits per heavy atom. The van der Waals surface area contributed by atoms with Crippen LogP contribution in [0.3, 0.4) is 0 Å². The van der Waals surface area contributed by atoms with E-state index in [0.717, 1.165) is 51.4 Å². The number of piperazine rings is 1. The Labute approximate surface area is 149 Å². The van der Waals surface area contributed by atoms with Crippen molar-refractivity contribution in [2.75, 3.05) is 51.1 Å². The molecule has 0 spiro atoms. The van der Waals surface area contributed by atoms with Crippen LogP contribution in [-0.2, 0) is 9.59 Å². The van der Waals surface area contributed by atoms with Gasteiger partial charge in [0.05, 0.1) is 6.54 Å². The molecule has 6 heteroatoms. The number of carbonyl (C=O) groups is 2. The number of para-hydroxylation sites is 1. The second-order valence-electron chi connectivity index (χ2n) is 6.97. The molecule has 1 unspecified atom stereocenters. The quantitative estimate of drug-likeness (QED) is 0.813. The van der Waals surface area contributed by atoms with E-state index < -0.39 is 0 Å². The Morgan fingerprint density at radius 1 is 1.12 bits per heavy atom. The van der Waals surface area contributed by atoms with E-state index in [9.17, 15) is 9.59 Å². The van der Waals surface area contributed by atoms with E-state index in [1.807, 2.05) is 35.2 Å². The summed E-state index contributed by atoms with van der Waals surface area (Å²) in [6.07, 6.45) is 2.84. The Kier molecular flexibility index (Phi) is 6.42. The molecule has 3 rings (SSSR count). The first-order valence-corrected chi connectivity index (χ1v) is 9.26. The third kappa shape index (κ3) is 5.54. The number of nitrogens with one attached hydrogen (secondary N) is 2. The summed E-state index contributed by atoms with van der Waals surface area (Å²) in [6.45, 7) is 5.49. The first-order chi connectivity index (χ1) is 12.2. The van der Waals surface area contributed by atoms with Crippen LogP contribution in [0, 0.1) is 5.92 Å². The molecule has 6 nitrogen and oxygen atoms in total. The minimum Gasteiger partial charge on any atom is -0.340 e. The summed E-state index contributed by atoms with van der Waals surface area (Å²) in [5.41, 5.74) is 0.822. The predicted octanol–water partition coefficient (Wildman–Crippen LogP) is 1.16. The highest BCUT2D eigenvalue weighted by atomic mass is 16.2. The second kappa shape index (κ2) is 8.97. The fraction of sp³-hybridized carbons (Fsp3) is 0.579. The Hall–Kier alpha value is -1.92. The monoisotopic (exact) mass is 344 g/mol. The molecule has 2 heterocycles. The standard InChI is InChI=1S/C19H28N4O2/c24-18(21-17-4-2-1-3-5-17)15-22-10-12-23(13-11-22)19(25)7-6-16-8-9-20-14-16/h1-5,16,20H,6-15H2,(H,21,24). The molecule has 0 aromatic heterocycles. The Balaban J connectivity index is 1.35. The van der Waals surface area contributed by atoms with Gasteiger partial charge in [-0.05, 0) is 44.0 Å². The second-order valence-corrected chi connectivity index (χ2v) is 6.97. The topological polar surface area (TPSA) is 64.7 Å². The van der Waals surface area contributed by atoms with Crippen LogP contribution in [0.4, 0.5) is 5.69 Å². The summed E-state index contributed by atoms with van der Waals surface area (Å²) in [5, 5.41) is 6.26. The van der Waals surface area contributed by atoms with Gasteiger partial charge in [-0.2, -0.15) is 0 Å². The lowest BCUT2D eigenvalue weighted by molar-refractivity contribution is -0.133. The lowest BCUT2D eigenvalue weighted by Gasteiger charge is -2.34. The van der Waals surface area contributed by atoms with Crippen molar-refractivity contribution >= 4 is 17.5 Å². The predicted molar refractivity (Wildman–Crippen MR) is 98.3 cm³/mol. The van der Waals surface area contributed by atoms with Gasteiger partial charge >= 0.3 is 0 Å². The molecule has 2 saturated heterocycles. The molecule has 0 bridgehead atoms. The fourth-order valence-electron chi connectivity index (χ4n) is 3.53. The summed E-state index contributed by atoms with van der Waals surface area (Å²) in [7, 11) is 0. The van der Waals surface area contributed by atoms with Crippen LogP contribution in [0.25, 0.3) is 0 Å². The SMILES string of the molecule is O=C(CN1CCN(C(=O)CCC2CCNC2)CC1)Nc1ccccc1. The van der Waals surface area contributed by atoms with Crippen LogP contribution in [-0.4, -0.2) is 67.4 Å². The van der Waals surface area contributed by atoms with Crippen molar-refractivity contribution in [3.63, 3.8) is 0 Å². The van der Waals surface area contributed by atoms with Gasteiger partial charge in [0, 0.05) is 38.3 Å². The van der Waals surface area contributed by atoms with Crippen LogP contribution in [0.2, 0.25) is 0 Å². The molecular weight excluding hydrogens is 316 g/mol. The fourth-order valence-corrected chi connectivity index (χ4v) is 3.53. The molecule has 0 radical (unpaired) electrons. The minimum atomic E-state index is -0.000269. The van der Waals surface area contributed by atoms with Gasteiger partial charge in [0.25, 0.3) is 0 Å². The normalized spacial score (nSPS) is 21.3. The van der Waals surface area contributed by atoms with Gasteiger partial charge in [0.15, 0.2) is 0 Å². The Bertz CT molecular complexity index is 564. The van der Waals surface area contributed by atoms with Crippen molar-refractivity contribution in [1.29, 1.82) is 0 Å². The van der Waals surface area contributed by atoms with Crippen LogP contribution >= 0.6 is 0 Å². The maximum absolute atomic E-state index is 12.3. The summed E-state index contributed by atoms with van der Waals surface area (Å²) in [5.74, 6) is 0.923. The van der Waals surface area contributed by atoms with Crippen molar-refractivity contribution < 1.29 is 9.59 Å². The molecule has 1 aromatic rings. The Morgan fingerprint density at radius 2 is 1.88 bits per heavy atom. The molecule has 0 saturated carbocycles. The van der Waals surface area contributed by atoms with Crippen LogP contribution in [0.15, 0.2) is 30.3 Å². The first-order valence-electron chi connectivity index (χ1n) is 9.26. The third-order valence-corrected chi connectivity index (χ3v) is 5.08. The van der Waals surface area contributed by atoms with Crippen molar-refractivity contribution in [2.45, 2.75) is 19.3 Å². The van der Waals surface area contributed by atoms with Gasteiger partial charge in [-0.15, -0.1) is 0 Å². The van der Waals surface area contributed by atoms with E-state index in [-0.39, 0.29) is 11.8 Å². The van der Waals surface area contributed by atoms with Crippen molar-refractivity contribution in [1.82, 2.24) is 15.1 Å². The number of carbonyl (C=O) groups excluding carboxylic acids is 2. The molecule has 2 fully saturated rings. The summed E-state index contributed by atoms with van der Waals surface area (Å²) in [6, 6.07) is 9.50. The highest BCUT2D eigenvalue weighted by Gasteiger charge is 2.23. The zero-order valence-electron chi connectivity index (χ0n) is 14.7. The van der Waals surface area contributed by atoms with Crippen LogP contribution in [0.1, 0.15) is 19.3 Å². The number of rotatable bonds is 6. The van der Waals surface area contributed by atoms with Gasteiger partial charge in [-0.25, -0.2) is 0 Å². The molecule has 2 N–H and O–H groups in total. The van der Waals surface area contributed by atoms with E-state index in [0.29, 0.717) is 18.9 Å². The maximum atomic E-state index is 12.3. The maximum Gasteiger partial charge on any atom is 0.238 e. The van der Waals surface area contributed by atoms with E-state index in [4.69, 9.17) is 0 Å². The largest absolute Gasteiger partial charge is 0.340 e. The average molecular weight is 344 g/mol. The van der Waals surface area contributed by atoms with Gasteiger partial charge < -0.3 is 15.5 Å². The molecule has 2 aliphatic heterocycles. The van der Waals surface area contributed by atoms with Gasteiger partial charge in [0.2, 0.25) is 11.8 Å². The third-order valence-electron chi connectivity index (χ3n) is 5.08. The lowest BCUT2D eigenvalue weighted by atomic mass is 10.0. The smallest absolute Gasteiger partial charge is 0.238 e. The van der Waals surface area contributed by atoms with Crippen LogP contribution < -0.4 is 10.6 Å². The minimum absolute atomic E-state index is 0.000269. The molecule has 1 aromatic carbocycles. The van der Waals surface area contributed by atoms with E-state index >= 15 is 0 Å². The molecule has 136 valence electrons. The molecule has 1 atom stereocenters. The number of amides is 2. The molecule has 25 heavy (non-hydrogen) atoms. The van der Waals surface area contributed by atoms with Crippen LogP contribution in [0.5, 0.6) is 0 Å². The van der Waals surface area contributed by atoms with E-state index in [2.05, 4.69) is 15.5 Å². The zero-order valence-corrected chi connectivity index (χ0v) is 14.7. The highest BCUT2D eigenvalue weighted by molar-refractivity contribution is 5.92. The van der Waals surface area contributed by atoms with Gasteiger partial charge in [-0.1, -0.05) is 18.2 Å². The van der Waals surface area contributed by atoms with Crippen molar-refractivity contribution in [3.05, 3.63) is 30.3 Å². The van der Waals surface area contributed by atoms with Crippen molar-refractivity contribution in [2.24, 2.45) is 5.92 Å². The first kappa shape index (κ1) is 17.9. The number of nitrogens with zero attached hydrogens (tertiary/aromatic N) is 2. The molecule has 0 aliphatic carbocycles. The van der Waals surface area contributed by atoms with E-state index in [1.54, 1.807) is 0 Å². The highest BCUT2D eigenvalue weighted by Crippen LogP contribution is 2.16. The van der Waals surface area contributed by atoms with Crippen molar-refractivity contribution in [3.8, 4) is 0 Å². The average Bonchev–Trinajstić information content (AvgIpc) is 3.14. The zero-order chi connectivity index (χ0) is 17.5. The number of benzene rings is 1. The molecule has 2 amide bonds. The molecular formula is C19H28N4O2. The lowest BCUT2D eigenvalue weighted by Crippen LogP contribution is -2.50. The number of hydrogen-bond acceptors (Lipinski definition) is 4. The summed E-state index contributed by atoms with van der Waals surface area (Å²) < 4.78 is 0. The molecule has 2 aliphatic rings. The summed E-state index contributed by atoms with van der Waals surface area (Å²) >= 11 is 0. The summed E-state index contributed by atoms with van der Waals surface area (Å²) in [4.78, 5) is 28.5. The number of hydrogen-bond donors (Lipinski definition) is 2. The number of anilines is 1. The van der Waals surface area contributed by atoms with Gasteiger partial charge in [-0.3, -0.25) is 14.5 Å².